The van der Waals surface area contributed by atoms with Crippen molar-refractivity contribution in [1.82, 2.24) is 5.32 Å². The number of nitrogens with one attached hydrogen (secondary N) is 1. The normalized spacial score (nSPS) is 15.6. The molecule has 3 aromatic rings. The second-order valence-electron chi connectivity index (χ2n) is 6.60. The minimum atomic E-state index is -0.808. The van der Waals surface area contributed by atoms with Crippen LogP contribution in [0.3, 0.4) is 0 Å². The molecule has 1 N–H and O–H groups in total. The van der Waals surface area contributed by atoms with Crippen LogP contribution >= 0.6 is 23.2 Å². The fourth-order valence-corrected chi connectivity index (χ4v) is 3.39. The summed E-state index contributed by atoms with van der Waals surface area (Å²) in [5.41, 5.74) is 1.67. The first-order chi connectivity index (χ1) is 14.3. The largest absolute Gasteiger partial charge is 0.457 e. The Labute approximate surface area is 181 Å². The Bertz CT molecular complexity index is 1210. The summed E-state index contributed by atoms with van der Waals surface area (Å²) in [6, 6.07) is 14.3. The number of anilines is 1. The third-order valence-corrected chi connectivity index (χ3v) is 5.34. The molecule has 0 unspecified atom stereocenters. The van der Waals surface area contributed by atoms with Gasteiger partial charge in [-0.25, -0.2) is 9.69 Å². The lowest BCUT2D eigenvalue weighted by molar-refractivity contribution is -0.122. The van der Waals surface area contributed by atoms with Gasteiger partial charge in [0.15, 0.2) is 0 Å². The van der Waals surface area contributed by atoms with E-state index in [0.717, 1.165) is 10.5 Å². The summed E-state index contributed by atoms with van der Waals surface area (Å²) in [5, 5.41) is 2.88. The number of halogens is 2. The van der Waals surface area contributed by atoms with Crippen LogP contribution < -0.4 is 10.2 Å². The molecule has 0 spiro atoms. The van der Waals surface area contributed by atoms with Gasteiger partial charge in [-0.15, -0.1) is 0 Å². The second-order valence-corrected chi connectivity index (χ2v) is 7.38. The van der Waals surface area contributed by atoms with Crippen LogP contribution in [0.1, 0.15) is 11.3 Å². The number of furan rings is 1. The minimum absolute atomic E-state index is 0.228. The topological polar surface area (TPSA) is 79.6 Å². The Morgan fingerprint density at radius 2 is 1.70 bits per heavy atom. The average Bonchev–Trinajstić information content (AvgIpc) is 3.17. The third kappa shape index (κ3) is 3.63. The van der Waals surface area contributed by atoms with Crippen LogP contribution in [0.4, 0.5) is 10.5 Å². The maximum absolute atomic E-state index is 12.9. The molecular formula is C22H14Cl2N2O4. The van der Waals surface area contributed by atoms with Gasteiger partial charge in [-0.05, 0) is 49.4 Å². The van der Waals surface area contributed by atoms with E-state index in [9.17, 15) is 14.4 Å². The standard InChI is InChI=1S/C22H14Cl2N2O4/c1-12-5-7-13(8-6-12)26-21(28)16(20(27)25-22(26)29)11-14-9-10-18(30-14)15-3-2-4-17(23)19(15)24/h2-11H,1H3,(H,25,27,29)/b16-11-. The third-order valence-electron chi connectivity index (χ3n) is 4.52. The Hall–Kier alpha value is -3.35. The molecule has 1 fully saturated rings. The summed E-state index contributed by atoms with van der Waals surface area (Å²) in [6.07, 6.45) is 1.28. The molecule has 1 aliphatic heterocycles. The molecule has 4 amide bonds. The Morgan fingerprint density at radius 3 is 2.43 bits per heavy atom. The van der Waals surface area contributed by atoms with E-state index in [1.807, 2.05) is 6.92 Å². The van der Waals surface area contributed by atoms with E-state index in [1.165, 1.54) is 6.08 Å². The van der Waals surface area contributed by atoms with E-state index in [-0.39, 0.29) is 11.3 Å². The highest BCUT2D eigenvalue weighted by molar-refractivity contribution is 6.43. The first-order valence-corrected chi connectivity index (χ1v) is 9.63. The van der Waals surface area contributed by atoms with Crippen molar-refractivity contribution in [1.29, 1.82) is 0 Å². The summed E-state index contributed by atoms with van der Waals surface area (Å²) >= 11 is 12.3. The zero-order chi connectivity index (χ0) is 21.4. The van der Waals surface area contributed by atoms with Crippen LogP contribution in [0.2, 0.25) is 10.0 Å². The van der Waals surface area contributed by atoms with Crippen LogP contribution in [0, 0.1) is 6.92 Å². The monoisotopic (exact) mass is 440 g/mol. The summed E-state index contributed by atoms with van der Waals surface area (Å²) in [5.74, 6) is -0.874. The first kappa shape index (κ1) is 19.9. The van der Waals surface area contributed by atoms with Crippen molar-refractivity contribution >= 4 is 52.8 Å². The number of carbonyl (C=O) groups is 3. The van der Waals surface area contributed by atoms with Crippen molar-refractivity contribution in [3.05, 3.63) is 81.5 Å². The molecule has 0 radical (unpaired) electrons. The lowest BCUT2D eigenvalue weighted by atomic mass is 10.1. The Morgan fingerprint density at radius 1 is 0.967 bits per heavy atom. The fraction of sp³-hybridized carbons (Fsp3) is 0.0455. The molecule has 150 valence electrons. The molecule has 1 aliphatic rings. The summed E-state index contributed by atoms with van der Waals surface area (Å²) < 4.78 is 5.73. The fourth-order valence-electron chi connectivity index (χ4n) is 3.00. The van der Waals surface area contributed by atoms with Crippen molar-refractivity contribution in [2.24, 2.45) is 0 Å². The van der Waals surface area contributed by atoms with Crippen LogP contribution in [-0.4, -0.2) is 17.8 Å². The van der Waals surface area contributed by atoms with Gasteiger partial charge in [0.1, 0.15) is 17.1 Å². The highest BCUT2D eigenvalue weighted by Gasteiger charge is 2.37. The van der Waals surface area contributed by atoms with Crippen molar-refractivity contribution in [2.45, 2.75) is 6.92 Å². The lowest BCUT2D eigenvalue weighted by Gasteiger charge is -2.26. The molecule has 0 bridgehead atoms. The molecule has 8 heteroatoms. The van der Waals surface area contributed by atoms with E-state index in [2.05, 4.69) is 5.32 Å². The Kier molecular flexibility index (Phi) is 5.20. The molecule has 2 heterocycles. The summed E-state index contributed by atoms with van der Waals surface area (Å²) in [4.78, 5) is 38.4. The van der Waals surface area contributed by atoms with Gasteiger partial charge < -0.3 is 4.42 Å². The number of hydrogen-bond donors (Lipinski definition) is 1. The molecule has 30 heavy (non-hydrogen) atoms. The summed E-state index contributed by atoms with van der Waals surface area (Å²) in [7, 11) is 0. The smallest absolute Gasteiger partial charge is 0.335 e. The number of amides is 4. The maximum atomic E-state index is 12.9. The van der Waals surface area contributed by atoms with Gasteiger partial charge in [0.25, 0.3) is 11.8 Å². The predicted molar refractivity (Wildman–Crippen MR) is 114 cm³/mol. The number of rotatable bonds is 3. The zero-order valence-corrected chi connectivity index (χ0v) is 17.1. The second kappa shape index (κ2) is 7.82. The van der Waals surface area contributed by atoms with E-state index in [1.54, 1.807) is 54.6 Å². The van der Waals surface area contributed by atoms with Crippen LogP contribution in [0.25, 0.3) is 17.4 Å². The van der Waals surface area contributed by atoms with Crippen molar-refractivity contribution in [2.75, 3.05) is 4.90 Å². The first-order valence-electron chi connectivity index (χ1n) is 8.87. The number of carbonyl (C=O) groups excluding carboxylic acids is 3. The SMILES string of the molecule is Cc1ccc(N2C(=O)NC(=O)/C(=C/c3ccc(-c4cccc(Cl)c4Cl)o3)C2=O)cc1. The molecule has 0 atom stereocenters. The number of aryl methyl sites for hydroxylation is 1. The van der Waals surface area contributed by atoms with Crippen molar-refractivity contribution in [3.8, 4) is 11.3 Å². The van der Waals surface area contributed by atoms with Gasteiger partial charge in [0.2, 0.25) is 0 Å². The van der Waals surface area contributed by atoms with E-state index >= 15 is 0 Å². The molecule has 4 rings (SSSR count). The van der Waals surface area contributed by atoms with E-state index < -0.39 is 17.8 Å². The predicted octanol–water partition coefficient (Wildman–Crippen LogP) is 5.23. The van der Waals surface area contributed by atoms with Crippen LogP contribution in [0.5, 0.6) is 0 Å². The highest BCUT2D eigenvalue weighted by atomic mass is 35.5. The van der Waals surface area contributed by atoms with Gasteiger partial charge in [0, 0.05) is 5.56 Å². The number of hydrogen-bond acceptors (Lipinski definition) is 4. The highest BCUT2D eigenvalue weighted by Crippen LogP contribution is 2.34. The van der Waals surface area contributed by atoms with Crippen molar-refractivity contribution < 1.29 is 18.8 Å². The van der Waals surface area contributed by atoms with Crippen LogP contribution in [-0.2, 0) is 9.59 Å². The maximum Gasteiger partial charge on any atom is 0.335 e. The zero-order valence-electron chi connectivity index (χ0n) is 15.6. The molecule has 0 saturated carbocycles. The molecule has 2 aromatic carbocycles. The Balaban J connectivity index is 1.69. The van der Waals surface area contributed by atoms with E-state index in [0.29, 0.717) is 27.1 Å². The van der Waals surface area contributed by atoms with Gasteiger partial charge in [-0.2, -0.15) is 0 Å². The minimum Gasteiger partial charge on any atom is -0.457 e. The number of benzene rings is 2. The van der Waals surface area contributed by atoms with Crippen molar-refractivity contribution in [3.63, 3.8) is 0 Å². The molecule has 1 aromatic heterocycles. The molecule has 1 saturated heterocycles. The average molecular weight is 441 g/mol. The van der Waals surface area contributed by atoms with Gasteiger partial charge in [0.05, 0.1) is 15.7 Å². The number of nitrogens with zero attached hydrogens (tertiary/aromatic N) is 1. The number of barbiturate groups is 1. The van der Waals surface area contributed by atoms with Gasteiger partial charge in [-0.3, -0.25) is 14.9 Å². The quantitative estimate of drug-likeness (QED) is 0.446. The van der Waals surface area contributed by atoms with Crippen LogP contribution in [0.15, 0.2) is 64.6 Å². The number of imide groups is 2. The number of urea groups is 1. The molecule has 6 nitrogen and oxygen atoms in total. The van der Waals surface area contributed by atoms with Gasteiger partial charge in [-0.1, -0.05) is 47.0 Å². The lowest BCUT2D eigenvalue weighted by Crippen LogP contribution is -2.54. The summed E-state index contributed by atoms with van der Waals surface area (Å²) in [6.45, 7) is 1.89. The van der Waals surface area contributed by atoms with Gasteiger partial charge >= 0.3 is 6.03 Å². The van der Waals surface area contributed by atoms with E-state index in [4.69, 9.17) is 27.6 Å². The molecule has 0 aliphatic carbocycles. The molecular weight excluding hydrogens is 427 g/mol.